The minimum atomic E-state index is -1.99. The molecular formula is C50H53FN7O9P. The predicted octanol–water partition coefficient (Wildman–Crippen LogP) is 7.82. The summed E-state index contributed by atoms with van der Waals surface area (Å²) in [7, 11) is 1.19. The van der Waals surface area contributed by atoms with Gasteiger partial charge < -0.3 is 32.8 Å². The van der Waals surface area contributed by atoms with Crippen molar-refractivity contribution in [1.82, 2.24) is 28.7 Å². The number of fused-ring (bicyclic) bond motifs is 2. The second kappa shape index (κ2) is 20.9. The molecule has 6 aromatic rings. The van der Waals surface area contributed by atoms with Gasteiger partial charge in [0.2, 0.25) is 6.54 Å². The van der Waals surface area contributed by atoms with Gasteiger partial charge in [0.15, 0.2) is 23.6 Å². The van der Waals surface area contributed by atoms with Crippen molar-refractivity contribution in [3.05, 3.63) is 165 Å². The van der Waals surface area contributed by atoms with Crippen molar-refractivity contribution >= 4 is 31.5 Å². The van der Waals surface area contributed by atoms with E-state index in [0.29, 0.717) is 22.6 Å². The minimum absolute atomic E-state index is 0.0454. The maximum atomic E-state index is 17.8. The van der Waals surface area contributed by atoms with Crippen LogP contribution in [0.4, 0.5) is 4.39 Å². The molecule has 1 unspecified atom stereocenters. The Hall–Kier alpha value is -6.38. The van der Waals surface area contributed by atoms with Gasteiger partial charge in [0.25, 0.3) is 25.9 Å². The van der Waals surface area contributed by atoms with Gasteiger partial charge in [0.1, 0.15) is 42.2 Å². The number of amides is 2. The number of imide groups is 1. The maximum Gasteiger partial charge on any atom is 0.281 e. The van der Waals surface area contributed by atoms with Crippen molar-refractivity contribution in [3.63, 3.8) is 0 Å². The van der Waals surface area contributed by atoms with Crippen LogP contribution in [0.3, 0.4) is 0 Å². The molecule has 0 spiro atoms. The first kappa shape index (κ1) is 48.1. The van der Waals surface area contributed by atoms with E-state index in [1.807, 2.05) is 111 Å². The first-order valence-electron chi connectivity index (χ1n) is 22.3. The number of alkyl halides is 1. The number of aromatic nitrogens is 4. The molecule has 2 aliphatic heterocycles. The molecule has 16 nitrogen and oxygen atoms in total. The Balaban J connectivity index is 1.16. The van der Waals surface area contributed by atoms with Crippen molar-refractivity contribution < 1.29 is 42.0 Å². The monoisotopic (exact) mass is 945 g/mol. The molecule has 0 aliphatic carbocycles. The second-order valence-corrected chi connectivity index (χ2v) is 18.2. The summed E-state index contributed by atoms with van der Waals surface area (Å²) in [4.78, 5) is 53.8. The Labute approximate surface area is 394 Å². The summed E-state index contributed by atoms with van der Waals surface area (Å²) in [5.41, 5.74) is 1.04. The highest BCUT2D eigenvalue weighted by Gasteiger charge is 2.51. The van der Waals surface area contributed by atoms with Gasteiger partial charge in [-0.2, -0.15) is 0 Å². The van der Waals surface area contributed by atoms with E-state index in [4.69, 9.17) is 34.6 Å². The quantitative estimate of drug-likeness (QED) is 0.0241. The molecule has 2 aliphatic rings. The molecule has 0 radical (unpaired) electrons. The number of carbonyl (C=O) groups is 2. The van der Waals surface area contributed by atoms with Crippen LogP contribution in [0.5, 0.6) is 11.5 Å². The summed E-state index contributed by atoms with van der Waals surface area (Å²) < 4.78 is 60.4. The standard InChI is InChI=1S/C50H53FN7O9P/c1-32(2)58(33(3)4)68(65-28-25-52-5)67-44-42(51)41(29-64-50(34-13-9-8-10-14-34,35-17-21-37(62-6)22-18-35)36-19-23-38(63-7)24-20-36)66-49(44)57-31-53-43-45(57)54-30-55(48(43)61)26-27-56-46(59)39-15-11-12-16-40(39)47(56)60/h8-24,30-33,41-42,44,49H,25-29H2,1-4,6-7H3/t41-,42-,44-,49-,68?/m1/s1. The van der Waals surface area contributed by atoms with Crippen LogP contribution in [0.25, 0.3) is 16.0 Å². The second-order valence-electron chi connectivity index (χ2n) is 16.8. The highest BCUT2D eigenvalue weighted by atomic mass is 31.2. The van der Waals surface area contributed by atoms with E-state index in [0.717, 1.165) is 21.6 Å². The van der Waals surface area contributed by atoms with Gasteiger partial charge in [-0.3, -0.25) is 28.4 Å². The number of hydrogen-bond acceptors (Lipinski definition) is 12. The summed E-state index contributed by atoms with van der Waals surface area (Å²) in [6.45, 7) is 15.0. The van der Waals surface area contributed by atoms with E-state index in [1.54, 1.807) is 38.5 Å². The molecular weight excluding hydrogens is 893 g/mol. The highest BCUT2D eigenvalue weighted by molar-refractivity contribution is 7.44. The third kappa shape index (κ3) is 9.28. The third-order valence-electron chi connectivity index (χ3n) is 12.0. The number of hydrogen-bond donors (Lipinski definition) is 0. The minimum Gasteiger partial charge on any atom is -0.497 e. The number of methoxy groups -OCH3 is 2. The van der Waals surface area contributed by atoms with Crippen LogP contribution in [-0.2, 0) is 30.7 Å². The fourth-order valence-electron chi connectivity index (χ4n) is 8.78. The number of rotatable bonds is 20. The van der Waals surface area contributed by atoms with E-state index < -0.39 is 56.1 Å². The van der Waals surface area contributed by atoms with E-state index >= 15 is 4.39 Å². The largest absolute Gasteiger partial charge is 0.497 e. The third-order valence-corrected chi connectivity index (χ3v) is 14.2. The van der Waals surface area contributed by atoms with Crippen molar-refractivity contribution in [3.8, 4) is 11.5 Å². The molecule has 18 heteroatoms. The molecule has 0 saturated carbocycles. The molecule has 8 rings (SSSR count). The molecule has 0 bridgehead atoms. The lowest BCUT2D eigenvalue weighted by atomic mass is 9.80. The van der Waals surface area contributed by atoms with Crippen LogP contribution in [0, 0.1) is 6.57 Å². The molecule has 354 valence electrons. The van der Waals surface area contributed by atoms with Gasteiger partial charge in [-0.1, -0.05) is 66.7 Å². The smallest absolute Gasteiger partial charge is 0.281 e. The van der Waals surface area contributed by atoms with Crippen LogP contribution >= 0.6 is 8.53 Å². The fourth-order valence-corrected chi connectivity index (χ4v) is 10.5. The zero-order valence-corrected chi connectivity index (χ0v) is 39.5. The van der Waals surface area contributed by atoms with Gasteiger partial charge in [0.05, 0.1) is 38.3 Å². The maximum absolute atomic E-state index is 17.8. The van der Waals surface area contributed by atoms with E-state index in [-0.39, 0.29) is 56.1 Å². The summed E-state index contributed by atoms with van der Waals surface area (Å²) in [6, 6.07) is 31.0. The van der Waals surface area contributed by atoms with Crippen molar-refractivity contribution in [1.29, 1.82) is 0 Å². The summed E-state index contributed by atoms with van der Waals surface area (Å²) in [5.74, 6) is 0.389. The Bertz CT molecular complexity index is 2730. The lowest BCUT2D eigenvalue weighted by Crippen LogP contribution is -2.39. The zero-order chi connectivity index (χ0) is 48.1. The zero-order valence-electron chi connectivity index (χ0n) is 38.6. The number of halogens is 1. The van der Waals surface area contributed by atoms with Gasteiger partial charge in [-0.25, -0.2) is 25.6 Å². The number of nitrogens with zero attached hydrogens (tertiary/aromatic N) is 7. The molecule has 0 N–H and O–H groups in total. The van der Waals surface area contributed by atoms with Crippen molar-refractivity contribution in [2.45, 2.75) is 76.5 Å². The van der Waals surface area contributed by atoms with Crippen LogP contribution in [0.2, 0.25) is 0 Å². The van der Waals surface area contributed by atoms with E-state index in [1.165, 1.54) is 21.8 Å². The molecule has 1 fully saturated rings. The molecule has 1 saturated heterocycles. The SMILES string of the molecule is [C-]#[N+]CCOP(O[C@@H]1[C@H](F)[C@@H](COC(c2ccccc2)(c2ccc(OC)cc2)c2ccc(OC)cc2)O[C@H]1n1cnc2c(=O)n(CCN3C(=O)c4ccccc4C3=O)cnc21)N(C(C)C)C(C)C. The Morgan fingerprint density at radius 3 is 1.93 bits per heavy atom. The van der Waals surface area contributed by atoms with E-state index in [9.17, 15) is 14.4 Å². The van der Waals surface area contributed by atoms with Crippen LogP contribution in [-0.4, -0.2) is 111 Å². The number of ether oxygens (including phenoxy) is 4. The first-order valence-corrected chi connectivity index (χ1v) is 23.4. The van der Waals surface area contributed by atoms with Gasteiger partial charge in [-0.15, -0.1) is 0 Å². The first-order chi connectivity index (χ1) is 32.9. The van der Waals surface area contributed by atoms with Crippen LogP contribution in [0.1, 0.15) is 71.3 Å². The topological polar surface area (TPSA) is 153 Å². The number of carbonyl (C=O) groups excluding carboxylic acids is 2. The fraction of sp³-hybridized carbons (Fsp3) is 0.360. The average molecular weight is 946 g/mol. The molecule has 2 amide bonds. The average Bonchev–Trinajstić information content (AvgIpc) is 4.00. The predicted molar refractivity (Wildman–Crippen MR) is 252 cm³/mol. The van der Waals surface area contributed by atoms with Crippen LogP contribution < -0.4 is 15.0 Å². The number of benzene rings is 4. The summed E-state index contributed by atoms with van der Waals surface area (Å²) in [6.07, 6.45) is -3.03. The van der Waals surface area contributed by atoms with Gasteiger partial charge in [-0.05, 0) is 80.8 Å². The lowest BCUT2D eigenvalue weighted by Gasteiger charge is -2.37. The Kier molecular flexibility index (Phi) is 14.8. The summed E-state index contributed by atoms with van der Waals surface area (Å²) in [5, 5.41) is 0. The van der Waals surface area contributed by atoms with Crippen LogP contribution in [0.15, 0.2) is 121 Å². The van der Waals surface area contributed by atoms with Crippen molar-refractivity contribution in [2.24, 2.45) is 0 Å². The molecule has 5 atom stereocenters. The number of imidazole rings is 1. The molecule has 2 aromatic heterocycles. The lowest BCUT2D eigenvalue weighted by molar-refractivity contribution is -0.0887. The molecule has 4 aromatic carbocycles. The normalized spacial score (nSPS) is 18.8. The van der Waals surface area contributed by atoms with Gasteiger partial charge >= 0.3 is 0 Å². The Morgan fingerprint density at radius 2 is 1.37 bits per heavy atom. The summed E-state index contributed by atoms with van der Waals surface area (Å²) >= 11 is 0. The molecule has 68 heavy (non-hydrogen) atoms. The highest BCUT2D eigenvalue weighted by Crippen LogP contribution is 2.52. The Morgan fingerprint density at radius 1 is 0.794 bits per heavy atom. The molecule has 4 heterocycles. The van der Waals surface area contributed by atoms with Crippen molar-refractivity contribution in [2.75, 3.05) is 40.5 Å². The van der Waals surface area contributed by atoms with E-state index in [2.05, 4.69) is 14.8 Å². The van der Waals surface area contributed by atoms with Gasteiger partial charge in [0, 0.05) is 25.2 Å².